The number of hydrazine groups is 1. The van der Waals surface area contributed by atoms with E-state index >= 15 is 0 Å². The van der Waals surface area contributed by atoms with Crippen LogP contribution in [0.5, 0.6) is 0 Å². The normalized spacial score (nSPS) is 15.5. The van der Waals surface area contributed by atoms with E-state index < -0.39 is 12.3 Å². The largest absolute Gasteiger partial charge is 0.377 e. The van der Waals surface area contributed by atoms with Crippen molar-refractivity contribution in [1.29, 1.82) is 0 Å². The van der Waals surface area contributed by atoms with Crippen LogP contribution in [0.25, 0.3) is 11.3 Å². The van der Waals surface area contributed by atoms with E-state index in [1.165, 1.54) is 27.7 Å². The van der Waals surface area contributed by atoms with Crippen molar-refractivity contribution in [3.05, 3.63) is 82.7 Å². The van der Waals surface area contributed by atoms with Crippen molar-refractivity contribution in [3.8, 4) is 11.3 Å². The molecule has 0 saturated heterocycles. The number of unbranched alkanes of at least 4 members (excludes halogenated alkanes) is 2. The zero-order chi connectivity index (χ0) is 29.3. The molecule has 5 rings (SSSR count). The van der Waals surface area contributed by atoms with Crippen LogP contribution in [0.15, 0.2) is 76.7 Å². The van der Waals surface area contributed by atoms with E-state index in [-0.39, 0.29) is 11.8 Å². The van der Waals surface area contributed by atoms with Gasteiger partial charge < -0.3 is 15.6 Å². The predicted octanol–water partition coefficient (Wildman–Crippen LogP) is 3.59. The third-order valence-electron chi connectivity index (χ3n) is 6.47. The van der Waals surface area contributed by atoms with Gasteiger partial charge in [0.25, 0.3) is 11.8 Å². The Hall–Kier alpha value is -4.05. The van der Waals surface area contributed by atoms with Crippen LogP contribution in [0.4, 0.5) is 10.3 Å². The highest BCUT2D eigenvalue weighted by atomic mass is 32.1. The summed E-state index contributed by atoms with van der Waals surface area (Å²) in [6.07, 6.45) is 3.52. The number of hydrogen-bond donors (Lipinski definition) is 6. The first-order valence-corrected chi connectivity index (χ1v) is 15.1. The van der Waals surface area contributed by atoms with Crippen molar-refractivity contribution in [2.75, 3.05) is 17.0 Å². The van der Waals surface area contributed by atoms with Crippen LogP contribution < -0.4 is 26.7 Å². The maximum Gasteiger partial charge on any atom is 0.274 e. The fraction of sp³-hybridized carbons (Fsp3) is 0.250. The Morgan fingerprint density at radius 1 is 1.02 bits per heavy atom. The van der Waals surface area contributed by atoms with E-state index in [4.69, 9.17) is 5.21 Å². The number of nitrogens with zero attached hydrogens (tertiary/aromatic N) is 4. The minimum atomic E-state index is -0.923. The van der Waals surface area contributed by atoms with Gasteiger partial charge in [-0.3, -0.25) is 15.0 Å². The van der Waals surface area contributed by atoms with Gasteiger partial charge in [0.1, 0.15) is 6.23 Å². The second-order valence-electron chi connectivity index (χ2n) is 9.38. The molecule has 1 aliphatic heterocycles. The number of hydrazone groups is 1. The van der Waals surface area contributed by atoms with Gasteiger partial charge in [0.15, 0.2) is 11.2 Å². The fourth-order valence-corrected chi connectivity index (χ4v) is 5.55. The van der Waals surface area contributed by atoms with E-state index in [1.54, 1.807) is 23.8 Å². The molecule has 4 aromatic rings. The highest BCUT2D eigenvalue weighted by Crippen LogP contribution is 2.31. The van der Waals surface area contributed by atoms with Crippen molar-refractivity contribution >= 4 is 50.5 Å². The second kappa shape index (κ2) is 14.2. The number of aromatic nitrogens is 2. The van der Waals surface area contributed by atoms with Gasteiger partial charge in [-0.15, -0.1) is 22.7 Å². The lowest BCUT2D eigenvalue weighted by Crippen LogP contribution is -2.46. The molecule has 2 amide bonds. The minimum Gasteiger partial charge on any atom is -0.377 e. The third-order valence-corrected chi connectivity index (χ3v) is 7.97. The molecule has 0 spiro atoms. The summed E-state index contributed by atoms with van der Waals surface area (Å²) < 4.78 is 0. The molecule has 0 fully saturated rings. The zero-order valence-electron chi connectivity index (χ0n) is 22.4. The Morgan fingerprint density at radius 2 is 1.83 bits per heavy atom. The molecule has 2 aromatic carbocycles. The van der Waals surface area contributed by atoms with Crippen molar-refractivity contribution in [2.24, 2.45) is 5.10 Å². The van der Waals surface area contributed by atoms with Crippen LogP contribution in [0, 0.1) is 0 Å². The minimum absolute atomic E-state index is 0.173. The molecule has 2 unspecified atom stereocenters. The number of aliphatic hydroxyl groups excluding tert-OH is 1. The average Bonchev–Trinajstić information content (AvgIpc) is 3.79. The number of rotatable bonds is 14. The molecule has 0 aliphatic carbocycles. The van der Waals surface area contributed by atoms with Crippen LogP contribution in [0.1, 0.15) is 41.6 Å². The molecular formula is C28H30N8O4S2. The lowest BCUT2D eigenvalue weighted by Gasteiger charge is -2.14. The standard InChI is InChI=1S/C28H30N8O4S2/c37-22(35-40)9-5-2-6-14-29-25(38)20-12-10-18(11-13-20)21-17-42-28(31-21)36-26(39)24(32-33-27-30-15-16-41-27)23(34-36)19-7-3-1-4-8-19/h1,3-4,7-8,10-13,15-17,22,24,32,35,37,40H,2,5-6,9,14H2,(H,29,38)(H,30,33). The van der Waals surface area contributed by atoms with Gasteiger partial charge >= 0.3 is 0 Å². The lowest BCUT2D eigenvalue weighted by molar-refractivity contribution is -0.118. The van der Waals surface area contributed by atoms with Gasteiger partial charge in [0.2, 0.25) is 5.13 Å². The number of carbonyl (C=O) groups excluding carboxylic acids is 2. The van der Waals surface area contributed by atoms with E-state index in [9.17, 15) is 14.7 Å². The first-order chi connectivity index (χ1) is 20.5. The van der Waals surface area contributed by atoms with Crippen molar-refractivity contribution in [2.45, 2.75) is 38.0 Å². The topological polar surface area (TPSA) is 164 Å². The van der Waals surface area contributed by atoms with Crippen LogP contribution in [0.3, 0.4) is 0 Å². The van der Waals surface area contributed by atoms with Gasteiger partial charge in [0.05, 0.1) is 11.4 Å². The highest BCUT2D eigenvalue weighted by Gasteiger charge is 2.39. The molecule has 0 radical (unpaired) electrons. The molecule has 0 bridgehead atoms. The highest BCUT2D eigenvalue weighted by molar-refractivity contribution is 7.14. The smallest absolute Gasteiger partial charge is 0.274 e. The lowest BCUT2D eigenvalue weighted by atomic mass is 10.0. The molecule has 0 saturated carbocycles. The summed E-state index contributed by atoms with van der Waals surface area (Å²) in [6.45, 7) is 0.517. The number of carbonyl (C=O) groups is 2. The number of thiazole rings is 2. The van der Waals surface area contributed by atoms with Crippen molar-refractivity contribution in [3.63, 3.8) is 0 Å². The van der Waals surface area contributed by atoms with E-state index in [0.29, 0.717) is 40.2 Å². The van der Waals surface area contributed by atoms with E-state index in [1.807, 2.05) is 53.2 Å². The molecule has 2 aromatic heterocycles. The van der Waals surface area contributed by atoms with Gasteiger partial charge in [-0.2, -0.15) is 15.6 Å². The van der Waals surface area contributed by atoms with Crippen molar-refractivity contribution < 1.29 is 19.9 Å². The predicted molar refractivity (Wildman–Crippen MR) is 162 cm³/mol. The quantitative estimate of drug-likeness (QED) is 0.0715. The van der Waals surface area contributed by atoms with Gasteiger partial charge in [-0.25, -0.2) is 15.4 Å². The fourth-order valence-electron chi connectivity index (χ4n) is 4.27. The second-order valence-corrected chi connectivity index (χ2v) is 11.1. The maximum absolute atomic E-state index is 13.5. The summed E-state index contributed by atoms with van der Waals surface area (Å²) in [5.74, 6) is -0.444. The first kappa shape index (κ1) is 29.4. The number of hydroxylamine groups is 1. The van der Waals surface area contributed by atoms with Crippen LogP contribution in [-0.4, -0.2) is 56.6 Å². The summed E-state index contributed by atoms with van der Waals surface area (Å²) in [4.78, 5) is 34.9. The van der Waals surface area contributed by atoms with Crippen LogP contribution >= 0.6 is 22.7 Å². The van der Waals surface area contributed by atoms with Gasteiger partial charge in [0, 0.05) is 40.2 Å². The Balaban J connectivity index is 1.22. The molecule has 12 nitrogen and oxygen atoms in total. The molecule has 1 aliphatic rings. The molecule has 42 heavy (non-hydrogen) atoms. The Kier molecular flexibility index (Phi) is 9.97. The molecular weight excluding hydrogens is 576 g/mol. The van der Waals surface area contributed by atoms with E-state index in [0.717, 1.165) is 30.4 Å². The molecule has 218 valence electrons. The number of aliphatic hydroxyl groups is 1. The summed E-state index contributed by atoms with van der Waals surface area (Å²) in [7, 11) is 0. The number of anilines is 2. The summed E-state index contributed by atoms with van der Waals surface area (Å²) in [5, 5.41) is 31.5. The zero-order valence-corrected chi connectivity index (χ0v) is 24.1. The number of hydrogen-bond acceptors (Lipinski definition) is 12. The molecule has 3 heterocycles. The summed E-state index contributed by atoms with van der Waals surface area (Å²) >= 11 is 2.72. The SMILES string of the molecule is O=C(NCCCCCC(O)NO)c1ccc(-c2csc(N3N=C(c4ccccc4)C(NNc4nccs4)C3=O)n2)cc1. The van der Waals surface area contributed by atoms with Gasteiger partial charge in [-0.1, -0.05) is 48.9 Å². The number of amides is 2. The Labute approximate surface area is 250 Å². The van der Waals surface area contributed by atoms with E-state index in [2.05, 4.69) is 31.2 Å². The first-order valence-electron chi connectivity index (χ1n) is 13.3. The molecule has 2 atom stereocenters. The number of nitrogens with one attached hydrogen (secondary N) is 4. The van der Waals surface area contributed by atoms with Crippen LogP contribution in [-0.2, 0) is 4.79 Å². The summed E-state index contributed by atoms with van der Waals surface area (Å²) in [6, 6.07) is 15.9. The maximum atomic E-state index is 13.5. The van der Waals surface area contributed by atoms with Crippen molar-refractivity contribution in [1.82, 2.24) is 26.2 Å². The monoisotopic (exact) mass is 606 g/mol. The molecule has 14 heteroatoms. The molecule has 6 N–H and O–H groups in total. The van der Waals surface area contributed by atoms with Crippen LogP contribution in [0.2, 0.25) is 0 Å². The Morgan fingerprint density at radius 3 is 2.57 bits per heavy atom. The third kappa shape index (κ3) is 7.23. The van der Waals surface area contributed by atoms with Gasteiger partial charge in [-0.05, 0) is 31.4 Å². The summed E-state index contributed by atoms with van der Waals surface area (Å²) in [5.41, 5.74) is 11.3. The average molecular weight is 607 g/mol. The Bertz CT molecular complexity index is 1500. The number of benzene rings is 2.